The Morgan fingerprint density at radius 3 is 1.20 bits per heavy atom. The molecule has 1 heterocycles. The number of hydrogen-bond acceptors (Lipinski definition) is 11. The molecule has 1 saturated heterocycles. The molecule has 1 rings (SSSR count). The Morgan fingerprint density at radius 2 is 0.783 bits per heavy atom. The normalized spacial score (nSPS) is 18.8. The van der Waals surface area contributed by atoms with Gasteiger partial charge in [0.05, 0.1) is 6.61 Å². The van der Waals surface area contributed by atoms with Gasteiger partial charge in [0.1, 0.15) is 18.8 Å². The van der Waals surface area contributed by atoms with Crippen LogP contribution in [-0.2, 0) is 42.9 Å². The highest BCUT2D eigenvalue weighted by Crippen LogP contribution is 2.26. The molecule has 1 aliphatic heterocycles. The number of carbonyl (C=O) groups is 4. The molecule has 0 aromatic carbocycles. The van der Waals surface area contributed by atoms with Gasteiger partial charge in [-0.05, 0) is 128 Å². The molecule has 6 unspecified atom stereocenters. The molecule has 12 nitrogen and oxygen atoms in total. The summed E-state index contributed by atoms with van der Waals surface area (Å²) in [5, 5.41) is 31.5. The third kappa shape index (κ3) is 46.2. The van der Waals surface area contributed by atoms with Gasteiger partial charge in [-0.25, -0.2) is 4.79 Å². The van der Waals surface area contributed by atoms with Crippen molar-refractivity contribution in [1.29, 1.82) is 0 Å². The summed E-state index contributed by atoms with van der Waals surface area (Å²) in [5.41, 5.74) is 0. The van der Waals surface area contributed by atoms with E-state index in [9.17, 15) is 34.5 Å². The van der Waals surface area contributed by atoms with Crippen LogP contribution in [0.3, 0.4) is 0 Å². The zero-order valence-electron chi connectivity index (χ0n) is 50.9. The molecular formula is C71H106O12. The van der Waals surface area contributed by atoms with E-state index in [1.165, 1.54) is 19.3 Å². The SMILES string of the molecule is CC/C=C\C/C=C\C/C=C\C/C=C\C/C=C\C/C=C\CCC(=O)OCC(COC1OC(C(=O)O)C(O)C(O)C1OC(=O)CC/C=C\C/C=C\C/C=C\C/C=C\C/C=C\C/C=C\CC)OC(=O)CCCCCCC/C=C\C/C=C\CCCCC. The van der Waals surface area contributed by atoms with Crippen LogP contribution in [0, 0.1) is 0 Å². The monoisotopic (exact) mass is 1150 g/mol. The molecule has 1 fully saturated rings. The zero-order chi connectivity index (χ0) is 60.3. The summed E-state index contributed by atoms with van der Waals surface area (Å²) in [6.07, 6.45) is 71.9. The molecule has 462 valence electrons. The second-order valence-corrected chi connectivity index (χ2v) is 20.2. The fourth-order valence-electron chi connectivity index (χ4n) is 8.09. The summed E-state index contributed by atoms with van der Waals surface area (Å²) >= 11 is 0. The lowest BCUT2D eigenvalue weighted by Gasteiger charge is -2.40. The lowest BCUT2D eigenvalue weighted by Crippen LogP contribution is -2.61. The summed E-state index contributed by atoms with van der Waals surface area (Å²) in [4.78, 5) is 51.2. The summed E-state index contributed by atoms with van der Waals surface area (Å²) in [7, 11) is 0. The van der Waals surface area contributed by atoms with E-state index in [0.717, 1.165) is 109 Å². The smallest absolute Gasteiger partial charge is 0.335 e. The Kier molecular flexibility index (Phi) is 51.2. The van der Waals surface area contributed by atoms with E-state index in [4.69, 9.17) is 23.7 Å². The number of unbranched alkanes of at least 4 members (excludes halogenated alkanes) is 8. The van der Waals surface area contributed by atoms with Gasteiger partial charge >= 0.3 is 23.9 Å². The third-order valence-electron chi connectivity index (χ3n) is 12.8. The number of aliphatic hydroxyl groups is 2. The molecule has 0 saturated carbocycles. The maximum atomic E-state index is 13.2. The van der Waals surface area contributed by atoms with E-state index in [-0.39, 0.29) is 25.9 Å². The highest BCUT2D eigenvalue weighted by molar-refractivity contribution is 5.74. The standard InChI is InChI=1S/C71H106O12/c1-4-7-10-13-16-19-22-25-28-30-32-34-37-39-42-45-48-51-54-57-63(72)79-60-62(81-64(73)58-55-52-49-46-43-40-36-27-24-21-18-15-12-9-6-3)61-80-71-69(67(76)66(75)68(83-71)70(77)78)82-65(74)59-56-53-50-47-44-41-38-35-33-31-29-26-23-20-17-14-11-8-5-2/h7-8,10-11,16-21,25-29,32-36,39,41-42,44,48,50-51,53,62,66-69,71,75-76H,4-6,9,12-15,22-24,30-31,37-38,40,43,45-47,49,52,54-61H2,1-3H3,(H,77,78)/b10-7-,11-8-,19-16-,20-17-,21-18-,28-25-,29-26-,34-32-,35-33-,36-27-,42-39-,44-41-,51-48-,53-50-. The second kappa shape index (κ2) is 56.6. The van der Waals surface area contributed by atoms with Crippen molar-refractivity contribution < 1.29 is 58.2 Å². The molecule has 0 radical (unpaired) electrons. The highest BCUT2D eigenvalue weighted by Gasteiger charge is 2.50. The van der Waals surface area contributed by atoms with E-state index >= 15 is 0 Å². The quantitative estimate of drug-likeness (QED) is 0.0228. The van der Waals surface area contributed by atoms with Crippen molar-refractivity contribution in [1.82, 2.24) is 0 Å². The molecule has 1 aliphatic rings. The molecule has 0 bridgehead atoms. The van der Waals surface area contributed by atoms with Crippen LogP contribution in [0.4, 0.5) is 0 Å². The van der Waals surface area contributed by atoms with E-state index in [1.807, 2.05) is 30.4 Å². The van der Waals surface area contributed by atoms with Crippen LogP contribution in [0.15, 0.2) is 170 Å². The first kappa shape index (κ1) is 75.1. The molecule has 3 N–H and O–H groups in total. The van der Waals surface area contributed by atoms with Gasteiger partial charge < -0.3 is 39.0 Å². The second-order valence-electron chi connectivity index (χ2n) is 20.2. The van der Waals surface area contributed by atoms with Gasteiger partial charge in [0.25, 0.3) is 0 Å². The lowest BCUT2D eigenvalue weighted by atomic mass is 9.98. The number of rotatable bonds is 50. The minimum absolute atomic E-state index is 0.0718. The molecule has 0 aromatic rings. The Morgan fingerprint density at radius 1 is 0.410 bits per heavy atom. The maximum absolute atomic E-state index is 13.2. The first-order valence-corrected chi connectivity index (χ1v) is 31.1. The van der Waals surface area contributed by atoms with Gasteiger partial charge in [-0.1, -0.05) is 223 Å². The molecular weight excluding hydrogens is 1040 g/mol. The summed E-state index contributed by atoms with van der Waals surface area (Å²) in [6.45, 7) is 5.62. The number of ether oxygens (including phenoxy) is 5. The fraction of sp³-hybridized carbons (Fsp3) is 0.549. The number of carbonyl (C=O) groups excluding carboxylic acids is 3. The first-order chi connectivity index (χ1) is 40.6. The van der Waals surface area contributed by atoms with Crippen molar-refractivity contribution in [3.8, 4) is 0 Å². The Hall–Kier alpha value is -5.92. The van der Waals surface area contributed by atoms with Crippen LogP contribution < -0.4 is 0 Å². The van der Waals surface area contributed by atoms with E-state index in [1.54, 1.807) is 0 Å². The van der Waals surface area contributed by atoms with Crippen molar-refractivity contribution in [2.24, 2.45) is 0 Å². The van der Waals surface area contributed by atoms with E-state index in [2.05, 4.69) is 161 Å². The van der Waals surface area contributed by atoms with Crippen LogP contribution >= 0.6 is 0 Å². The average molecular weight is 1150 g/mol. The van der Waals surface area contributed by atoms with Gasteiger partial charge in [-0.3, -0.25) is 14.4 Å². The topological polar surface area (TPSA) is 175 Å². The van der Waals surface area contributed by atoms with Gasteiger partial charge in [0.15, 0.2) is 24.6 Å². The van der Waals surface area contributed by atoms with Crippen LogP contribution in [0.5, 0.6) is 0 Å². The summed E-state index contributed by atoms with van der Waals surface area (Å²) in [5.74, 6) is -3.39. The molecule has 0 spiro atoms. The molecule has 0 aliphatic carbocycles. The predicted molar refractivity (Wildman–Crippen MR) is 339 cm³/mol. The molecule has 0 aromatic heterocycles. The fourth-order valence-corrected chi connectivity index (χ4v) is 8.09. The number of carboxylic acid groups (broad SMARTS) is 1. The molecule has 0 amide bonds. The van der Waals surface area contributed by atoms with Crippen LogP contribution in [0.1, 0.15) is 201 Å². The third-order valence-corrected chi connectivity index (χ3v) is 12.8. The largest absolute Gasteiger partial charge is 0.479 e. The van der Waals surface area contributed by atoms with Gasteiger partial charge in [0.2, 0.25) is 0 Å². The number of aliphatic hydroxyl groups excluding tert-OH is 2. The molecule has 6 atom stereocenters. The average Bonchev–Trinajstić information content (AvgIpc) is 3.57. The summed E-state index contributed by atoms with van der Waals surface area (Å²) < 4.78 is 28.3. The van der Waals surface area contributed by atoms with Crippen molar-refractivity contribution >= 4 is 23.9 Å². The minimum atomic E-state index is -1.95. The number of hydrogen-bond donors (Lipinski definition) is 3. The number of aliphatic carboxylic acids is 1. The first-order valence-electron chi connectivity index (χ1n) is 31.1. The number of allylic oxidation sites excluding steroid dienone is 28. The van der Waals surface area contributed by atoms with E-state index < -0.39 is 67.3 Å². The maximum Gasteiger partial charge on any atom is 0.335 e. The molecule has 83 heavy (non-hydrogen) atoms. The highest BCUT2D eigenvalue weighted by atomic mass is 16.7. The molecule has 12 heteroatoms. The van der Waals surface area contributed by atoms with Crippen LogP contribution in [0.2, 0.25) is 0 Å². The van der Waals surface area contributed by atoms with Crippen molar-refractivity contribution in [3.05, 3.63) is 170 Å². The minimum Gasteiger partial charge on any atom is -0.479 e. The van der Waals surface area contributed by atoms with E-state index in [0.29, 0.717) is 32.1 Å². The number of esters is 3. The van der Waals surface area contributed by atoms with Crippen molar-refractivity contribution in [3.63, 3.8) is 0 Å². The van der Waals surface area contributed by atoms with Crippen molar-refractivity contribution in [2.75, 3.05) is 13.2 Å². The lowest BCUT2D eigenvalue weighted by molar-refractivity contribution is -0.301. The van der Waals surface area contributed by atoms with Gasteiger partial charge in [-0.15, -0.1) is 0 Å². The van der Waals surface area contributed by atoms with Crippen LogP contribution in [-0.4, -0.2) is 89.2 Å². The summed E-state index contributed by atoms with van der Waals surface area (Å²) in [6, 6.07) is 0. The predicted octanol–water partition coefficient (Wildman–Crippen LogP) is 16.7. The van der Waals surface area contributed by atoms with Crippen molar-refractivity contribution in [2.45, 2.75) is 237 Å². The Labute approximate surface area is 500 Å². The van der Waals surface area contributed by atoms with Crippen LogP contribution in [0.25, 0.3) is 0 Å². The Bertz CT molecular complexity index is 2090. The number of carboxylic acids is 1. The zero-order valence-corrected chi connectivity index (χ0v) is 50.9. The Balaban J connectivity index is 2.79. The van der Waals surface area contributed by atoms with Gasteiger partial charge in [-0.2, -0.15) is 0 Å². The van der Waals surface area contributed by atoms with Gasteiger partial charge in [0, 0.05) is 19.3 Å².